The summed E-state index contributed by atoms with van der Waals surface area (Å²) in [5.74, 6) is 0.232. The summed E-state index contributed by atoms with van der Waals surface area (Å²) < 4.78 is 13.7. The lowest BCUT2D eigenvalue weighted by Gasteiger charge is -2.18. The molecule has 1 fully saturated rings. The van der Waals surface area contributed by atoms with Crippen molar-refractivity contribution in [1.29, 1.82) is 0 Å². The summed E-state index contributed by atoms with van der Waals surface area (Å²) in [7, 11) is 0. The van der Waals surface area contributed by atoms with Gasteiger partial charge in [-0.05, 0) is 31.9 Å². The molecule has 102 valence electrons. The molecule has 0 amide bonds. The van der Waals surface area contributed by atoms with E-state index in [0.717, 1.165) is 19.5 Å². The zero-order chi connectivity index (χ0) is 12.4. The molecule has 1 aromatic rings. The van der Waals surface area contributed by atoms with Crippen molar-refractivity contribution < 1.29 is 4.39 Å². The van der Waals surface area contributed by atoms with Crippen molar-refractivity contribution in [3.05, 3.63) is 34.6 Å². The van der Waals surface area contributed by atoms with Gasteiger partial charge in [-0.15, -0.1) is 12.4 Å². The van der Waals surface area contributed by atoms with E-state index >= 15 is 0 Å². The highest BCUT2D eigenvalue weighted by Crippen LogP contribution is 2.23. The van der Waals surface area contributed by atoms with E-state index in [0.29, 0.717) is 18.0 Å². The van der Waals surface area contributed by atoms with Crippen molar-refractivity contribution in [3.8, 4) is 0 Å². The fourth-order valence-corrected chi connectivity index (χ4v) is 2.54. The first kappa shape index (κ1) is 15.7. The zero-order valence-electron chi connectivity index (χ0n) is 10.4. The van der Waals surface area contributed by atoms with Crippen molar-refractivity contribution in [2.75, 3.05) is 13.1 Å². The summed E-state index contributed by atoms with van der Waals surface area (Å²) in [4.78, 5) is 2.24. The first-order valence-corrected chi connectivity index (χ1v) is 6.36. The van der Waals surface area contributed by atoms with Crippen LogP contribution in [0.2, 0.25) is 5.02 Å². The standard InChI is InChI=1S/C13H18ClFN2.ClH/c1-9(16)10-5-6-17(7-10)8-11-3-2-4-12(14)13(11)15;/h2-4,9-10H,5-8,16H2,1H3;1H. The van der Waals surface area contributed by atoms with Crippen LogP contribution >= 0.6 is 24.0 Å². The van der Waals surface area contributed by atoms with Crippen molar-refractivity contribution in [3.63, 3.8) is 0 Å². The number of hydrogen-bond acceptors (Lipinski definition) is 2. The van der Waals surface area contributed by atoms with E-state index in [1.54, 1.807) is 18.2 Å². The normalized spacial score (nSPS) is 21.7. The second-order valence-corrected chi connectivity index (χ2v) is 5.26. The molecule has 2 nitrogen and oxygen atoms in total. The molecule has 5 heteroatoms. The molecule has 0 radical (unpaired) electrons. The van der Waals surface area contributed by atoms with Gasteiger partial charge in [0.15, 0.2) is 0 Å². The van der Waals surface area contributed by atoms with Crippen LogP contribution in [0.3, 0.4) is 0 Å². The Balaban J connectivity index is 0.00000162. The molecule has 2 N–H and O–H groups in total. The van der Waals surface area contributed by atoms with Gasteiger partial charge in [0.1, 0.15) is 5.82 Å². The number of halogens is 3. The molecule has 0 aliphatic carbocycles. The molecule has 2 unspecified atom stereocenters. The Morgan fingerprint density at radius 3 is 2.89 bits per heavy atom. The first-order chi connectivity index (χ1) is 8.08. The zero-order valence-corrected chi connectivity index (χ0v) is 12.0. The molecule has 0 saturated carbocycles. The van der Waals surface area contributed by atoms with E-state index in [-0.39, 0.29) is 29.3 Å². The third kappa shape index (κ3) is 3.58. The molecule has 1 aliphatic rings. The number of likely N-dealkylation sites (tertiary alicyclic amines) is 1. The van der Waals surface area contributed by atoms with E-state index in [1.807, 2.05) is 6.92 Å². The average molecular weight is 293 g/mol. The maximum absolute atomic E-state index is 13.7. The van der Waals surface area contributed by atoms with Gasteiger partial charge in [0.25, 0.3) is 0 Å². The number of nitrogens with zero attached hydrogens (tertiary/aromatic N) is 1. The van der Waals surface area contributed by atoms with Gasteiger partial charge in [0.05, 0.1) is 5.02 Å². The maximum Gasteiger partial charge on any atom is 0.146 e. The molecule has 2 rings (SSSR count). The molecular weight excluding hydrogens is 274 g/mol. The van der Waals surface area contributed by atoms with Crippen LogP contribution in [-0.4, -0.2) is 24.0 Å². The van der Waals surface area contributed by atoms with Crippen molar-refractivity contribution >= 4 is 24.0 Å². The largest absolute Gasteiger partial charge is 0.328 e. The van der Waals surface area contributed by atoms with E-state index < -0.39 is 0 Å². The third-order valence-corrected chi connectivity index (χ3v) is 3.77. The lowest BCUT2D eigenvalue weighted by molar-refractivity contribution is 0.304. The first-order valence-electron chi connectivity index (χ1n) is 5.98. The van der Waals surface area contributed by atoms with Crippen LogP contribution in [-0.2, 0) is 6.54 Å². The fourth-order valence-electron chi connectivity index (χ4n) is 2.35. The van der Waals surface area contributed by atoms with E-state index in [9.17, 15) is 4.39 Å². The molecule has 1 aliphatic heterocycles. The van der Waals surface area contributed by atoms with Gasteiger partial charge in [-0.2, -0.15) is 0 Å². The topological polar surface area (TPSA) is 29.3 Å². The maximum atomic E-state index is 13.7. The van der Waals surface area contributed by atoms with Gasteiger partial charge in [0, 0.05) is 24.7 Å². The number of rotatable bonds is 3. The third-order valence-electron chi connectivity index (χ3n) is 3.48. The molecule has 1 heterocycles. The van der Waals surface area contributed by atoms with E-state index in [1.165, 1.54) is 0 Å². The Bertz CT molecular complexity index is 399. The Hall–Kier alpha value is -0.350. The summed E-state index contributed by atoms with van der Waals surface area (Å²) >= 11 is 5.76. The molecule has 18 heavy (non-hydrogen) atoms. The number of hydrogen-bond donors (Lipinski definition) is 1. The Kier molecular flexibility index (Phi) is 5.86. The minimum Gasteiger partial charge on any atom is -0.328 e. The van der Waals surface area contributed by atoms with Crippen LogP contribution in [0.1, 0.15) is 18.9 Å². The van der Waals surface area contributed by atoms with Gasteiger partial charge >= 0.3 is 0 Å². The van der Waals surface area contributed by atoms with Crippen molar-refractivity contribution in [2.45, 2.75) is 25.9 Å². The quantitative estimate of drug-likeness (QED) is 0.928. The van der Waals surface area contributed by atoms with Gasteiger partial charge < -0.3 is 5.73 Å². The predicted octanol–water partition coefficient (Wildman–Crippen LogP) is 3.07. The molecule has 1 saturated heterocycles. The smallest absolute Gasteiger partial charge is 0.146 e. The summed E-state index contributed by atoms with van der Waals surface area (Å²) in [5, 5.41) is 0.199. The highest BCUT2D eigenvalue weighted by Gasteiger charge is 2.25. The Morgan fingerprint density at radius 1 is 1.56 bits per heavy atom. The van der Waals surface area contributed by atoms with E-state index in [4.69, 9.17) is 17.3 Å². The molecule has 0 bridgehead atoms. The predicted molar refractivity (Wildman–Crippen MR) is 75.7 cm³/mol. The van der Waals surface area contributed by atoms with Crippen LogP contribution in [0.15, 0.2) is 18.2 Å². The van der Waals surface area contributed by atoms with Gasteiger partial charge in [-0.1, -0.05) is 23.7 Å². The summed E-state index contributed by atoms with van der Waals surface area (Å²) in [6.45, 7) is 4.59. The summed E-state index contributed by atoms with van der Waals surface area (Å²) in [6, 6.07) is 5.37. The van der Waals surface area contributed by atoms with Crippen LogP contribution < -0.4 is 5.73 Å². The average Bonchev–Trinajstić information content (AvgIpc) is 2.73. The second kappa shape index (κ2) is 6.71. The van der Waals surface area contributed by atoms with Crippen LogP contribution in [0, 0.1) is 11.7 Å². The highest BCUT2D eigenvalue weighted by atomic mass is 35.5. The van der Waals surface area contributed by atoms with Crippen LogP contribution in [0.4, 0.5) is 4.39 Å². The Labute approximate surface area is 119 Å². The van der Waals surface area contributed by atoms with Crippen molar-refractivity contribution in [1.82, 2.24) is 4.90 Å². The van der Waals surface area contributed by atoms with Gasteiger partial charge in [0.2, 0.25) is 0 Å². The van der Waals surface area contributed by atoms with Crippen LogP contribution in [0.25, 0.3) is 0 Å². The number of benzene rings is 1. The lowest BCUT2D eigenvalue weighted by atomic mass is 10.0. The summed E-state index contributed by atoms with van der Waals surface area (Å²) in [5.41, 5.74) is 6.55. The molecular formula is C13H19Cl2FN2. The molecule has 1 aromatic carbocycles. The van der Waals surface area contributed by atoms with Crippen molar-refractivity contribution in [2.24, 2.45) is 11.7 Å². The second-order valence-electron chi connectivity index (χ2n) is 4.86. The molecule has 0 aromatic heterocycles. The Morgan fingerprint density at radius 2 is 2.28 bits per heavy atom. The molecule has 2 atom stereocenters. The van der Waals surface area contributed by atoms with Gasteiger partial charge in [-0.3, -0.25) is 4.90 Å². The number of nitrogens with two attached hydrogens (primary N) is 1. The minimum absolute atomic E-state index is 0. The molecule has 0 spiro atoms. The summed E-state index contributed by atoms with van der Waals surface area (Å²) in [6.07, 6.45) is 1.10. The monoisotopic (exact) mass is 292 g/mol. The van der Waals surface area contributed by atoms with Gasteiger partial charge in [-0.25, -0.2) is 4.39 Å². The lowest BCUT2D eigenvalue weighted by Crippen LogP contribution is -2.29. The van der Waals surface area contributed by atoms with E-state index in [2.05, 4.69) is 4.90 Å². The fraction of sp³-hybridized carbons (Fsp3) is 0.538. The van der Waals surface area contributed by atoms with Crippen LogP contribution in [0.5, 0.6) is 0 Å². The highest BCUT2D eigenvalue weighted by molar-refractivity contribution is 6.30. The minimum atomic E-state index is -0.293. The SMILES string of the molecule is CC(N)C1CCN(Cc2cccc(Cl)c2F)C1.Cl.